The molecule has 0 unspecified atom stereocenters. The molecule has 3 saturated heterocycles. The summed E-state index contributed by atoms with van der Waals surface area (Å²) in [5.74, 6) is 0.184. The fraction of sp³-hybridized carbons (Fsp3) is 0.548. The molecular weight excluding hydrogens is 1470 g/mol. The van der Waals surface area contributed by atoms with Crippen molar-refractivity contribution in [1.82, 2.24) is 30.2 Å². The number of aromatic nitrogens is 4. The summed E-state index contributed by atoms with van der Waals surface area (Å²) in [5, 5.41) is 16.7. The number of methoxy groups -OCH3 is 3. The lowest BCUT2D eigenvalue weighted by Crippen LogP contribution is -2.54. The molecule has 24 nitrogen and oxygen atoms in total. The number of fused-ring (bicyclic) bond motifs is 3. The van der Waals surface area contributed by atoms with Crippen molar-refractivity contribution in [2.24, 2.45) is 38.5 Å². The van der Waals surface area contributed by atoms with E-state index in [-0.39, 0.29) is 77.6 Å². The van der Waals surface area contributed by atoms with Crippen molar-refractivity contribution in [1.29, 1.82) is 0 Å². The quantitative estimate of drug-likeness (QED) is 0.120. The Labute approximate surface area is 626 Å². The first kappa shape index (κ1) is 81.3. The molecule has 2 aromatic heterocycles. The lowest BCUT2D eigenvalue weighted by molar-refractivity contribution is -0.0840. The minimum atomic E-state index is -1.25. The third kappa shape index (κ3) is 20.1. The van der Waals surface area contributed by atoms with Gasteiger partial charge in [0.1, 0.15) is 56.5 Å². The summed E-state index contributed by atoms with van der Waals surface area (Å²) in [7, 11) is 4.85. The molecule has 4 amide bonds. The van der Waals surface area contributed by atoms with Gasteiger partial charge in [-0.3, -0.25) is 0 Å². The Morgan fingerprint density at radius 2 is 0.827 bits per heavy atom. The molecule has 0 bridgehead atoms. The molecule has 8 heterocycles. The van der Waals surface area contributed by atoms with E-state index in [2.05, 4.69) is 36.3 Å². The number of benzene rings is 3. The molecule has 6 aliphatic heterocycles. The van der Waals surface area contributed by atoms with Gasteiger partial charge in [0.25, 0.3) is 0 Å². The average Bonchev–Trinajstić information content (AvgIpc) is 0.742. The molecule has 0 saturated carbocycles. The first-order chi connectivity index (χ1) is 49.0. The highest BCUT2D eigenvalue weighted by molar-refractivity contribution is 9.10. The van der Waals surface area contributed by atoms with Crippen molar-refractivity contribution in [3.05, 3.63) is 130 Å². The minimum Gasteiger partial charge on any atom is -0.443 e. The molecule has 6 aliphatic rings. The molecule has 3 fully saturated rings. The Morgan fingerprint density at radius 1 is 0.500 bits per heavy atom. The molecule has 31 heteroatoms. The van der Waals surface area contributed by atoms with Crippen LogP contribution in [0.2, 0.25) is 0 Å². The molecule has 104 heavy (non-hydrogen) atoms. The number of halogens is 4. The number of ether oxygens (including phenoxy) is 10. The highest BCUT2D eigenvalue weighted by atomic mass is 79.9. The maximum Gasteiger partial charge on any atom is 0.426 e. The van der Waals surface area contributed by atoms with Crippen LogP contribution in [-0.2, 0) is 64.0 Å². The van der Waals surface area contributed by atoms with Crippen LogP contribution >= 0.6 is 51.2 Å². The molecule has 3 aromatic carbocycles. The normalized spacial score (nSPS) is 24.6. The highest BCUT2D eigenvalue weighted by Crippen LogP contribution is 2.52. The number of carbonyl (C=O) groups is 4. The van der Waals surface area contributed by atoms with Gasteiger partial charge in [0.2, 0.25) is 0 Å². The maximum atomic E-state index is 15.8. The molecule has 5 aromatic rings. The SMILES string of the molecule is COC[C@H]1C[C@H]2CSC(N(C(=O)OC(C)(C)C)C(=O)OC(C)(C)C)=N[C@@]2(c2cc(-c3cccnn3)ccc2F)CO1.COC[C@H]1C[C@H]2CSC(N(C(=O)OC(C)(C)C)C(=O)OC(C)(C)C)=N[C@@]2(c2cc(Br)ccc2F)CO1.COC[C@H]1C[C@H]2CSC(N)=N[C@@]2(c2cc(-c3cccnn3)ccc2F)CO1. The van der Waals surface area contributed by atoms with Gasteiger partial charge < -0.3 is 53.1 Å². The number of carbonyl (C=O) groups excluding carboxylic acids is 4. The van der Waals surface area contributed by atoms with Crippen LogP contribution in [-0.4, -0.2) is 189 Å². The number of imide groups is 2. The van der Waals surface area contributed by atoms with E-state index in [0.717, 1.165) is 27.5 Å². The molecule has 0 radical (unpaired) electrons. The summed E-state index contributed by atoms with van der Waals surface area (Å²) in [5.41, 5.74) is 3.05. The minimum absolute atomic E-state index is 0.00702. The Bertz CT molecular complexity index is 3910. The van der Waals surface area contributed by atoms with Gasteiger partial charge in [0.15, 0.2) is 15.5 Å². The zero-order valence-corrected chi connectivity index (χ0v) is 65.2. The number of amides is 4. The fourth-order valence-corrected chi connectivity index (χ4v) is 16.6. The van der Waals surface area contributed by atoms with Gasteiger partial charge in [-0.05, 0) is 181 Å². The first-order valence-electron chi connectivity index (χ1n) is 33.9. The van der Waals surface area contributed by atoms with Crippen LogP contribution in [0.3, 0.4) is 0 Å². The van der Waals surface area contributed by atoms with Gasteiger partial charge in [-0.25, -0.2) is 47.3 Å². The van der Waals surface area contributed by atoms with Crippen molar-refractivity contribution in [2.45, 2.75) is 160 Å². The summed E-state index contributed by atoms with van der Waals surface area (Å²) in [6.07, 6.45) is 0.906. The predicted octanol–water partition coefficient (Wildman–Crippen LogP) is 14.5. The summed E-state index contributed by atoms with van der Waals surface area (Å²) in [4.78, 5) is 69.4. The summed E-state index contributed by atoms with van der Waals surface area (Å²) in [6.45, 7) is 22.0. The molecule has 0 aliphatic carbocycles. The molecule has 9 atom stereocenters. The average molecular weight is 1570 g/mol. The topological polar surface area (TPSA) is 282 Å². The molecular formula is C73H92BrF3N10O14S3. The summed E-state index contributed by atoms with van der Waals surface area (Å²) < 4.78 is 103. The van der Waals surface area contributed by atoms with Crippen LogP contribution in [0.1, 0.15) is 119 Å². The van der Waals surface area contributed by atoms with Gasteiger partial charge >= 0.3 is 24.4 Å². The van der Waals surface area contributed by atoms with Crippen molar-refractivity contribution in [2.75, 3.05) is 78.2 Å². The van der Waals surface area contributed by atoms with Crippen LogP contribution in [0, 0.1) is 35.2 Å². The van der Waals surface area contributed by atoms with E-state index in [1.54, 1.807) is 171 Å². The Balaban J connectivity index is 0.000000184. The number of nitrogens with zero attached hydrogens (tertiary/aromatic N) is 9. The number of rotatable bonds is 11. The van der Waals surface area contributed by atoms with Gasteiger partial charge in [-0.1, -0.05) is 51.2 Å². The van der Waals surface area contributed by atoms with Gasteiger partial charge in [0.05, 0.1) is 69.3 Å². The van der Waals surface area contributed by atoms with Crippen molar-refractivity contribution in [3.63, 3.8) is 0 Å². The molecule has 564 valence electrons. The standard InChI is InChI=1S/C29H37FN4O6S.C25H34BrFN2O6S.C19H21FN4O2S/c1-27(2,3)39-25(35)34(26(36)40-28(4,5)6)24-32-29(17-38-20(15-37-7)14-19(29)16-41-24)21-13-18(10-11-22(21)30)23-9-8-12-31-33-23;1-23(2,3)34-21(30)29(22(31)35-24(4,5)6)20-28-25(18-11-16(26)8-9-19(18)27)14-33-17(12-32-7)10-15(25)13-36-20;1-25-9-14-8-13-10-27-18(21)23-19(13,11-26-14)15-7-12(4-5-16(15)20)17-3-2-6-22-24-17/h8-13,19-20H,14-17H2,1-7H3;8-9,11,15,17H,10,12-14H2,1-7H3;2-7,13-14H,8-11H2,1H3,(H2,21,23)/t19-,20+,29-;15-,17+,25-;13-,14+,19-/m000/s1. The second-order valence-corrected chi connectivity index (χ2v) is 33.7. The van der Waals surface area contributed by atoms with E-state index in [4.69, 9.17) is 68.1 Å². The largest absolute Gasteiger partial charge is 0.443 e. The number of nitrogens with two attached hydrogens (primary N) is 1. The number of hydrogen-bond acceptors (Lipinski definition) is 25. The Hall–Kier alpha value is -6.81. The number of aliphatic imine (C=N–C) groups is 3. The smallest absolute Gasteiger partial charge is 0.426 e. The van der Waals surface area contributed by atoms with Crippen LogP contribution in [0.25, 0.3) is 22.5 Å². The van der Waals surface area contributed by atoms with Crippen molar-refractivity contribution in [3.8, 4) is 22.5 Å². The van der Waals surface area contributed by atoms with E-state index in [0.29, 0.717) is 81.9 Å². The van der Waals surface area contributed by atoms with Crippen LogP contribution in [0.4, 0.5) is 32.3 Å². The Kier molecular flexibility index (Phi) is 26.5. The number of thioether (sulfide) groups is 3. The number of amidine groups is 3. The lowest BCUT2D eigenvalue weighted by atomic mass is 9.74. The highest BCUT2D eigenvalue weighted by Gasteiger charge is 2.55. The van der Waals surface area contributed by atoms with E-state index in [1.165, 1.54) is 53.5 Å². The second-order valence-electron chi connectivity index (χ2n) is 29.7. The van der Waals surface area contributed by atoms with E-state index in [9.17, 15) is 23.6 Å². The Morgan fingerprint density at radius 3 is 1.15 bits per heavy atom. The number of hydrogen-bond donors (Lipinski definition) is 1. The van der Waals surface area contributed by atoms with Gasteiger partial charge in [-0.2, -0.15) is 30.2 Å². The summed E-state index contributed by atoms with van der Waals surface area (Å²) >= 11 is 7.39. The third-order valence-electron chi connectivity index (χ3n) is 17.2. The van der Waals surface area contributed by atoms with Crippen LogP contribution < -0.4 is 5.73 Å². The van der Waals surface area contributed by atoms with E-state index < -0.39 is 75.0 Å². The molecule has 11 rings (SSSR count). The first-order valence-corrected chi connectivity index (χ1v) is 37.6. The lowest BCUT2D eigenvalue weighted by Gasteiger charge is -2.47. The molecule has 2 N–H and O–H groups in total. The van der Waals surface area contributed by atoms with Gasteiger partial charge in [0, 0.05) is 101 Å². The maximum absolute atomic E-state index is 15.8. The van der Waals surface area contributed by atoms with Gasteiger partial charge in [-0.15, -0.1) is 0 Å². The van der Waals surface area contributed by atoms with Crippen molar-refractivity contribution < 1.29 is 79.7 Å². The molecule has 0 spiro atoms. The van der Waals surface area contributed by atoms with Crippen molar-refractivity contribution >= 4 is 91.1 Å². The van der Waals surface area contributed by atoms with E-state index >= 15 is 8.78 Å². The fourth-order valence-electron chi connectivity index (χ4n) is 12.7. The summed E-state index contributed by atoms with van der Waals surface area (Å²) in [6, 6.07) is 21.5. The van der Waals surface area contributed by atoms with E-state index in [1.807, 2.05) is 6.07 Å². The second kappa shape index (κ2) is 34.0. The van der Waals surface area contributed by atoms with Crippen LogP contribution in [0.5, 0.6) is 0 Å². The van der Waals surface area contributed by atoms with Crippen LogP contribution in [0.15, 0.2) is 111 Å². The predicted molar refractivity (Wildman–Crippen MR) is 396 cm³/mol. The zero-order valence-electron chi connectivity index (χ0n) is 61.2. The monoisotopic (exact) mass is 1560 g/mol. The zero-order chi connectivity index (χ0) is 75.7. The third-order valence-corrected chi connectivity index (χ3v) is 20.8.